The largest absolute Gasteiger partial charge is 0.493 e. The number of benzene rings is 1. The highest BCUT2D eigenvalue weighted by Crippen LogP contribution is 2.37. The van der Waals surface area contributed by atoms with Crippen LogP contribution in [0.3, 0.4) is 0 Å². The molecule has 1 rings (SSSR count). The van der Waals surface area contributed by atoms with Gasteiger partial charge in [-0.3, -0.25) is 4.52 Å². The Bertz CT molecular complexity index is 607. The Morgan fingerprint density at radius 1 is 1.11 bits per heavy atom. The summed E-state index contributed by atoms with van der Waals surface area (Å²) < 4.78 is 59.9. The molecule has 10 heteroatoms. The monoisotopic (exact) mass is 413 g/mol. The second-order valence-electron chi connectivity index (χ2n) is 6.09. The van der Waals surface area contributed by atoms with Gasteiger partial charge in [-0.15, -0.1) is 0 Å². The van der Waals surface area contributed by atoms with Gasteiger partial charge in [-0.05, 0) is 24.1 Å². The highest BCUT2D eigenvalue weighted by molar-refractivity contribution is 7.46. The highest BCUT2D eigenvalue weighted by Gasteiger charge is 2.34. The minimum atomic E-state index is -4.54. The van der Waals surface area contributed by atoms with Crippen molar-refractivity contribution >= 4 is 7.82 Å². The Balaban J connectivity index is 2.56. The molecule has 0 saturated carbocycles. The second kappa shape index (κ2) is 11.7. The summed E-state index contributed by atoms with van der Waals surface area (Å²) in [4.78, 5) is 17.1. The molecular weight excluding hydrogens is 386 g/mol. The molecule has 0 unspecified atom stereocenters. The maximum absolute atomic E-state index is 13.3. The fourth-order valence-corrected chi connectivity index (χ4v) is 2.72. The first-order valence-electron chi connectivity index (χ1n) is 8.87. The van der Waals surface area contributed by atoms with Gasteiger partial charge in [0.1, 0.15) is 5.75 Å². The van der Waals surface area contributed by atoms with E-state index in [1.54, 1.807) is 0 Å². The summed E-state index contributed by atoms with van der Waals surface area (Å²) in [5, 5.41) is 2.77. The molecule has 0 aliphatic heterocycles. The summed E-state index contributed by atoms with van der Waals surface area (Å²) in [5.41, 5.74) is -0.448. The van der Waals surface area contributed by atoms with E-state index in [2.05, 4.69) is 16.8 Å². The molecule has 1 aromatic carbocycles. The average Bonchev–Trinajstić information content (AvgIpc) is 2.56. The van der Waals surface area contributed by atoms with Crippen LogP contribution in [0.15, 0.2) is 18.2 Å². The van der Waals surface area contributed by atoms with Crippen molar-refractivity contribution in [1.82, 2.24) is 5.32 Å². The van der Waals surface area contributed by atoms with Gasteiger partial charge in [0, 0.05) is 13.1 Å². The standard InChI is InChI=1S/C17H27F3NO5P/c1-2-3-4-5-6-10-25-16-8-7-14(12-15(16)17(18,19)20)13-21-9-11-26-27(22,23)24/h7-8,12,21H,2-6,9-11,13H2,1H3,(H2,22,23,24). The molecule has 27 heavy (non-hydrogen) atoms. The molecule has 0 aliphatic rings. The smallest absolute Gasteiger partial charge is 0.469 e. The fourth-order valence-electron chi connectivity index (χ4n) is 2.39. The minimum Gasteiger partial charge on any atom is -0.493 e. The zero-order valence-corrected chi connectivity index (χ0v) is 16.2. The van der Waals surface area contributed by atoms with E-state index in [4.69, 9.17) is 14.5 Å². The topological polar surface area (TPSA) is 88.0 Å². The first-order valence-corrected chi connectivity index (χ1v) is 10.4. The summed E-state index contributed by atoms with van der Waals surface area (Å²) in [6.07, 6.45) is 0.349. The van der Waals surface area contributed by atoms with Crippen LogP contribution in [0.5, 0.6) is 5.75 Å². The van der Waals surface area contributed by atoms with Gasteiger partial charge in [0.05, 0.1) is 18.8 Å². The lowest BCUT2D eigenvalue weighted by atomic mass is 10.1. The lowest BCUT2D eigenvalue weighted by molar-refractivity contribution is -0.139. The number of hydrogen-bond donors (Lipinski definition) is 3. The molecule has 6 nitrogen and oxygen atoms in total. The van der Waals surface area contributed by atoms with Crippen LogP contribution >= 0.6 is 7.82 Å². The van der Waals surface area contributed by atoms with Crippen molar-refractivity contribution in [3.63, 3.8) is 0 Å². The lowest BCUT2D eigenvalue weighted by Gasteiger charge is -2.16. The van der Waals surface area contributed by atoms with E-state index in [1.807, 2.05) is 0 Å². The van der Waals surface area contributed by atoms with E-state index in [1.165, 1.54) is 12.1 Å². The molecule has 0 heterocycles. The Labute approximate surface area is 157 Å². The SMILES string of the molecule is CCCCCCCOc1ccc(CNCCOP(=O)(O)O)cc1C(F)(F)F. The van der Waals surface area contributed by atoms with E-state index in [9.17, 15) is 17.7 Å². The van der Waals surface area contributed by atoms with Gasteiger partial charge in [0.2, 0.25) is 0 Å². The van der Waals surface area contributed by atoms with E-state index >= 15 is 0 Å². The molecule has 0 radical (unpaired) electrons. The molecule has 0 bridgehead atoms. The van der Waals surface area contributed by atoms with Crippen molar-refractivity contribution in [2.75, 3.05) is 19.8 Å². The van der Waals surface area contributed by atoms with Crippen molar-refractivity contribution in [2.24, 2.45) is 0 Å². The third-order valence-corrected chi connectivity index (χ3v) is 4.24. The number of alkyl halides is 3. The van der Waals surface area contributed by atoms with Gasteiger partial charge in [0.25, 0.3) is 0 Å². The van der Waals surface area contributed by atoms with Crippen LogP contribution in [0.25, 0.3) is 0 Å². The molecule has 0 aliphatic carbocycles. The van der Waals surface area contributed by atoms with Crippen LogP contribution in [0.2, 0.25) is 0 Å². The highest BCUT2D eigenvalue weighted by atomic mass is 31.2. The lowest BCUT2D eigenvalue weighted by Crippen LogP contribution is -2.19. The molecule has 0 saturated heterocycles. The second-order valence-corrected chi connectivity index (χ2v) is 7.33. The van der Waals surface area contributed by atoms with Gasteiger partial charge in [-0.25, -0.2) is 4.57 Å². The van der Waals surface area contributed by atoms with Crippen molar-refractivity contribution in [1.29, 1.82) is 0 Å². The van der Waals surface area contributed by atoms with E-state index in [0.29, 0.717) is 12.0 Å². The van der Waals surface area contributed by atoms with Crippen LogP contribution in [0.4, 0.5) is 13.2 Å². The minimum absolute atomic E-state index is 0.0858. The molecule has 0 fully saturated rings. The van der Waals surface area contributed by atoms with Crippen LogP contribution in [0, 0.1) is 0 Å². The number of phosphoric acid groups is 1. The predicted octanol–water partition coefficient (Wildman–Crippen LogP) is 4.25. The first kappa shape index (κ1) is 23.9. The molecule has 156 valence electrons. The molecular formula is C17H27F3NO5P. The maximum atomic E-state index is 13.3. The van der Waals surface area contributed by atoms with Gasteiger partial charge < -0.3 is 19.8 Å². The van der Waals surface area contributed by atoms with Crippen LogP contribution < -0.4 is 10.1 Å². The molecule has 0 spiro atoms. The molecule has 0 aromatic heterocycles. The molecule has 0 atom stereocenters. The van der Waals surface area contributed by atoms with E-state index < -0.39 is 19.6 Å². The summed E-state index contributed by atoms with van der Waals surface area (Å²) in [5.74, 6) is -0.188. The number of hydrogen-bond acceptors (Lipinski definition) is 4. The molecule has 3 N–H and O–H groups in total. The number of nitrogens with one attached hydrogen (secondary N) is 1. The van der Waals surface area contributed by atoms with Gasteiger partial charge >= 0.3 is 14.0 Å². The van der Waals surface area contributed by atoms with Crippen molar-refractivity contribution in [3.8, 4) is 5.75 Å². The summed E-state index contributed by atoms with van der Waals surface area (Å²) in [6.45, 7) is 2.26. The summed E-state index contributed by atoms with van der Waals surface area (Å²) in [7, 11) is -4.54. The summed E-state index contributed by atoms with van der Waals surface area (Å²) in [6, 6.07) is 3.85. The molecule has 1 aromatic rings. The Hall–Kier alpha value is -1.12. The number of rotatable bonds is 13. The zero-order valence-electron chi connectivity index (χ0n) is 15.3. The number of ether oxygens (including phenoxy) is 1. The predicted molar refractivity (Wildman–Crippen MR) is 95.4 cm³/mol. The van der Waals surface area contributed by atoms with Crippen molar-refractivity contribution in [2.45, 2.75) is 51.7 Å². The van der Waals surface area contributed by atoms with Gasteiger partial charge in [-0.1, -0.05) is 38.7 Å². The Morgan fingerprint density at radius 3 is 2.44 bits per heavy atom. The molecule has 0 amide bonds. The number of phosphoric ester groups is 1. The fraction of sp³-hybridized carbons (Fsp3) is 0.647. The maximum Gasteiger partial charge on any atom is 0.469 e. The first-order chi connectivity index (χ1) is 12.6. The third kappa shape index (κ3) is 10.7. The average molecular weight is 413 g/mol. The Morgan fingerprint density at radius 2 is 1.81 bits per heavy atom. The number of halogens is 3. The van der Waals surface area contributed by atoms with Crippen LogP contribution in [0.1, 0.15) is 50.2 Å². The van der Waals surface area contributed by atoms with Gasteiger partial charge in [0.15, 0.2) is 0 Å². The van der Waals surface area contributed by atoms with Crippen molar-refractivity contribution in [3.05, 3.63) is 29.3 Å². The Kier molecular flexibility index (Phi) is 10.3. The normalized spacial score (nSPS) is 12.4. The number of unbranched alkanes of at least 4 members (excludes halogenated alkanes) is 4. The van der Waals surface area contributed by atoms with Crippen molar-refractivity contribution < 1.29 is 36.8 Å². The van der Waals surface area contributed by atoms with E-state index in [0.717, 1.165) is 31.7 Å². The van der Waals surface area contributed by atoms with Crippen LogP contribution in [-0.2, 0) is 21.8 Å². The summed E-state index contributed by atoms with van der Waals surface area (Å²) >= 11 is 0. The zero-order chi connectivity index (χ0) is 20.3. The van der Waals surface area contributed by atoms with E-state index in [-0.39, 0.29) is 32.1 Å². The third-order valence-electron chi connectivity index (χ3n) is 3.72. The van der Waals surface area contributed by atoms with Gasteiger partial charge in [-0.2, -0.15) is 13.2 Å². The quantitative estimate of drug-likeness (QED) is 0.331. The van der Waals surface area contributed by atoms with Crippen LogP contribution in [-0.4, -0.2) is 29.5 Å².